The average molecular weight is 1280 g/mol. The maximum absolute atomic E-state index is 13.5. The maximum Gasteiger partial charge on any atom is 0.231 e. The first kappa shape index (κ1) is 63.5. The number of nitrogens with zero attached hydrogens (tertiary/aromatic N) is 1. The lowest BCUT2D eigenvalue weighted by molar-refractivity contribution is -0.116. The van der Waals surface area contributed by atoms with Gasteiger partial charge >= 0.3 is 0 Å². The Morgan fingerprint density at radius 3 is 1.48 bits per heavy atom. The Morgan fingerprint density at radius 2 is 0.979 bits per heavy atom. The van der Waals surface area contributed by atoms with Crippen molar-refractivity contribution in [2.45, 2.75) is 19.8 Å². The first-order valence-corrected chi connectivity index (χ1v) is 29.2. The minimum absolute atomic E-state index is 0.0922. The summed E-state index contributed by atoms with van der Waals surface area (Å²) in [6.07, 6.45) is 0.358. The molecule has 5 N–H and O–H groups in total. The van der Waals surface area contributed by atoms with Crippen molar-refractivity contribution in [3.8, 4) is 62.8 Å². The molecular weight excluding hydrogens is 1230 g/mol. The fourth-order valence-electron chi connectivity index (χ4n) is 11.1. The van der Waals surface area contributed by atoms with Crippen molar-refractivity contribution in [2.24, 2.45) is 11.8 Å². The highest BCUT2D eigenvalue weighted by Gasteiger charge is 2.46. The van der Waals surface area contributed by atoms with Crippen LogP contribution in [0.2, 0.25) is 0 Å². The molecule has 23 heteroatoms. The number of aromatic amines is 1. The number of rotatable bonds is 14. The van der Waals surface area contributed by atoms with Gasteiger partial charge in [0.1, 0.15) is 34.8 Å². The number of ether oxygens (including phenoxy) is 7. The highest BCUT2D eigenvalue weighted by Crippen LogP contribution is 2.44. The second-order valence-corrected chi connectivity index (χ2v) is 21.8. The summed E-state index contributed by atoms with van der Waals surface area (Å²) in [5, 5.41) is 12.5. The summed E-state index contributed by atoms with van der Waals surface area (Å²) in [6, 6.07) is 45.3. The third kappa shape index (κ3) is 12.9. The molecule has 0 spiro atoms. The molecule has 0 radical (unpaired) electrons. The van der Waals surface area contributed by atoms with Crippen LogP contribution in [-0.4, -0.2) is 103 Å². The Hall–Kier alpha value is -12.0. The fraction of sp³-hybridized carbons (Fsp3) is 0.141. The summed E-state index contributed by atoms with van der Waals surface area (Å²) in [4.78, 5) is 124. The molecule has 472 valence electrons. The monoisotopic (exact) mass is 1280 g/mol. The highest BCUT2D eigenvalue weighted by atomic mass is 35.5. The van der Waals surface area contributed by atoms with Gasteiger partial charge in [-0.2, -0.15) is 5.10 Å². The number of Topliss-reactive ketones (excluding diaryl/α,β-unsaturated/α-hetero) is 6. The number of fused-ring (bicyclic) bond motifs is 7. The fourth-order valence-corrected chi connectivity index (χ4v) is 11.3. The number of hydrogen-bond donors (Lipinski definition) is 4. The number of anilines is 3. The van der Waals surface area contributed by atoms with Crippen molar-refractivity contribution in [3.63, 3.8) is 0 Å². The maximum atomic E-state index is 13.5. The van der Waals surface area contributed by atoms with Crippen LogP contribution in [0.5, 0.6) is 40.2 Å². The summed E-state index contributed by atoms with van der Waals surface area (Å²) < 4.78 is 36.2. The molecule has 3 heterocycles. The molecule has 1 aromatic heterocycles. The number of carbonyl (C=O) groups excluding carboxylic acids is 10. The highest BCUT2D eigenvalue weighted by molar-refractivity contribution is 6.63. The average Bonchev–Trinajstić information content (AvgIpc) is 1.60. The molecule has 2 atom stereocenters. The van der Waals surface area contributed by atoms with Gasteiger partial charge in [-0.3, -0.25) is 53.0 Å². The molecule has 0 fully saturated rings. The van der Waals surface area contributed by atoms with Crippen LogP contribution in [0.15, 0.2) is 164 Å². The van der Waals surface area contributed by atoms with Crippen LogP contribution in [0.4, 0.5) is 17.1 Å². The van der Waals surface area contributed by atoms with E-state index in [9.17, 15) is 47.9 Å². The number of amides is 2. The molecule has 3 aliphatic carbocycles. The van der Waals surface area contributed by atoms with Crippen LogP contribution in [0.1, 0.15) is 96.1 Å². The quantitative estimate of drug-likeness (QED) is 0.0340. The van der Waals surface area contributed by atoms with Crippen LogP contribution in [0.25, 0.3) is 22.5 Å². The summed E-state index contributed by atoms with van der Waals surface area (Å²) in [5.74, 6) is -2.22. The van der Waals surface area contributed by atoms with E-state index in [0.717, 1.165) is 22.4 Å². The number of carbonyl (C=O) groups is 10. The molecule has 0 saturated heterocycles. The number of nitrogen functional groups attached to an aromatic ring is 1. The first-order valence-electron chi connectivity index (χ1n) is 28.8. The number of hydrogen-bond acceptors (Lipinski definition) is 19. The molecule has 22 nitrogen and oxygen atoms in total. The van der Waals surface area contributed by atoms with Crippen molar-refractivity contribution in [2.75, 3.05) is 51.3 Å². The summed E-state index contributed by atoms with van der Waals surface area (Å²) in [7, 11) is 4.62. The number of nitrogens with two attached hydrogens (primary N) is 1. The Bertz CT molecular complexity index is 4600. The van der Waals surface area contributed by atoms with Crippen LogP contribution >= 0.6 is 11.6 Å². The van der Waals surface area contributed by atoms with Crippen LogP contribution in [0.3, 0.4) is 0 Å². The van der Waals surface area contributed by atoms with Crippen LogP contribution in [-0.2, 0) is 27.2 Å². The van der Waals surface area contributed by atoms with Crippen LogP contribution < -0.4 is 49.5 Å². The zero-order valence-corrected chi connectivity index (χ0v) is 51.2. The van der Waals surface area contributed by atoms with E-state index in [1.165, 1.54) is 63.6 Å². The SMILES string of the molecule is COc1ccc(-c2n[nH]c3c2C(=O)c2c(NC(=O)Cc4ccc5c(c4)OCO5)cccc2-3)cc1.COc1ccc(C(=O)C2C(=O)c3cccc(N)c3C2=O)cc1.COc1ccc(C(=O)C2C(=O)c3cccc(NC(C)=O)c3C2=O)cc1.O=C(Cl)Cc1ccc2c(c1)OCO2. The second kappa shape index (κ2) is 27.2. The number of benzene rings is 8. The van der Waals surface area contributed by atoms with Crippen molar-refractivity contribution in [3.05, 3.63) is 219 Å². The van der Waals surface area contributed by atoms with Crippen molar-refractivity contribution < 1.29 is 81.1 Å². The van der Waals surface area contributed by atoms with Gasteiger partial charge < -0.3 is 49.5 Å². The van der Waals surface area contributed by atoms with E-state index < -0.39 is 46.5 Å². The Balaban J connectivity index is 0.000000134. The molecule has 0 bridgehead atoms. The lowest BCUT2D eigenvalue weighted by Gasteiger charge is -2.10. The van der Waals surface area contributed by atoms with E-state index in [2.05, 4.69) is 20.8 Å². The zero-order chi connectivity index (χ0) is 66.5. The van der Waals surface area contributed by atoms with E-state index in [-0.39, 0.29) is 88.5 Å². The second-order valence-electron chi connectivity index (χ2n) is 21.4. The molecule has 2 unspecified atom stereocenters. The van der Waals surface area contributed by atoms with Gasteiger partial charge in [-0.15, -0.1) is 0 Å². The van der Waals surface area contributed by atoms with Gasteiger partial charge in [0.25, 0.3) is 0 Å². The van der Waals surface area contributed by atoms with Crippen molar-refractivity contribution >= 4 is 86.2 Å². The van der Waals surface area contributed by atoms with Gasteiger partial charge in [0.05, 0.1) is 67.1 Å². The number of aromatic nitrogens is 2. The smallest absolute Gasteiger partial charge is 0.231 e. The number of H-pyrrole nitrogens is 1. The van der Waals surface area contributed by atoms with Gasteiger partial charge in [0.2, 0.25) is 30.6 Å². The minimum atomic E-state index is -1.42. The molecular formula is C71H54ClN5O17. The van der Waals surface area contributed by atoms with Gasteiger partial charge in [-0.25, -0.2) is 0 Å². The Morgan fingerprint density at radius 1 is 0.521 bits per heavy atom. The predicted molar refractivity (Wildman–Crippen MR) is 342 cm³/mol. The molecule has 14 rings (SSSR count). The van der Waals surface area contributed by atoms with E-state index in [1.54, 1.807) is 86.0 Å². The molecule has 2 aliphatic heterocycles. The summed E-state index contributed by atoms with van der Waals surface area (Å²) in [5.41, 5.74) is 13.2. The van der Waals surface area contributed by atoms with Crippen LogP contribution in [0, 0.1) is 11.8 Å². The van der Waals surface area contributed by atoms with Gasteiger partial charge in [-0.1, -0.05) is 48.5 Å². The third-order valence-electron chi connectivity index (χ3n) is 15.6. The number of nitrogens with one attached hydrogen (secondary N) is 3. The van der Waals surface area contributed by atoms with Gasteiger partial charge in [0, 0.05) is 52.4 Å². The minimum Gasteiger partial charge on any atom is -0.497 e. The zero-order valence-electron chi connectivity index (χ0n) is 50.4. The first-order chi connectivity index (χ1) is 45.3. The van der Waals surface area contributed by atoms with E-state index in [1.807, 2.05) is 42.5 Å². The number of halogens is 1. The van der Waals surface area contributed by atoms with Gasteiger partial charge in [0.15, 0.2) is 63.5 Å². The summed E-state index contributed by atoms with van der Waals surface area (Å²) in [6.45, 7) is 1.73. The topological polar surface area (TPSA) is 314 Å². The molecule has 94 heavy (non-hydrogen) atoms. The Labute approximate surface area is 540 Å². The lowest BCUT2D eigenvalue weighted by atomic mass is 9.93. The normalized spacial score (nSPS) is 14.5. The Kier molecular flexibility index (Phi) is 18.4. The summed E-state index contributed by atoms with van der Waals surface area (Å²) >= 11 is 5.25. The molecule has 2 amide bonds. The lowest BCUT2D eigenvalue weighted by Crippen LogP contribution is -2.25. The van der Waals surface area contributed by atoms with E-state index in [4.69, 9.17) is 50.5 Å². The number of methoxy groups -OCH3 is 3. The van der Waals surface area contributed by atoms with Gasteiger partial charge in [-0.05, 0) is 138 Å². The van der Waals surface area contributed by atoms with Crippen molar-refractivity contribution in [1.29, 1.82) is 0 Å². The molecule has 9 aromatic rings. The van der Waals surface area contributed by atoms with E-state index in [0.29, 0.717) is 73.8 Å². The number of ketones is 7. The predicted octanol–water partition coefficient (Wildman–Crippen LogP) is 10.6. The van der Waals surface area contributed by atoms with E-state index >= 15 is 0 Å². The van der Waals surface area contributed by atoms with Crippen molar-refractivity contribution in [1.82, 2.24) is 10.2 Å². The molecule has 0 saturated carbocycles. The molecule has 8 aromatic carbocycles. The standard InChI is InChI=1S/C26H19N3O5.C19H15NO5.C17H13NO4.C9H7ClO3/c1-32-16-8-6-15(7-9-16)24-23-25(29-28-24)17-3-2-4-18(22(17)26(23)31)27-21(30)12-14-5-10-19-20(11-14)34-13-33-19;1-10(21)20-14-5-3-4-13-15(14)19(24)16(18(13)23)17(22)11-6-8-12(25-2)9-7-11;1-22-10-7-5-9(6-8-10)15(19)14-16(20)11-3-2-4-12(18)13(11)17(14)21;10-9(11)4-6-1-2-7-8(3-6)13-5-12-7/h2-11H,12-13H2,1H3,(H,27,30)(H,28,29);3-9,16H,1-2H3,(H,20,21);2-8,14H,18H2,1H3;1-3H,4-5H2. The molecule has 5 aliphatic rings. The third-order valence-corrected chi connectivity index (χ3v) is 15.7. The largest absolute Gasteiger partial charge is 0.497 e.